The van der Waals surface area contributed by atoms with Gasteiger partial charge in [-0.05, 0) is 0 Å². The molecule has 0 aliphatic heterocycles. The first-order valence-electron chi connectivity index (χ1n) is 3.73. The van der Waals surface area contributed by atoms with Crippen molar-refractivity contribution >= 4 is 22.0 Å². The zero-order valence-electron chi connectivity index (χ0n) is 7.84. The molecule has 3 N–H and O–H groups in total. The van der Waals surface area contributed by atoms with E-state index in [-0.39, 0.29) is 0 Å². The molecule has 0 heterocycles. The van der Waals surface area contributed by atoms with Crippen LogP contribution >= 0.6 is 0 Å². The summed E-state index contributed by atoms with van der Waals surface area (Å²) >= 11 is 0. The molecule has 88 valence electrons. The van der Waals surface area contributed by atoms with Crippen LogP contribution in [0.25, 0.3) is 0 Å². The molecular formula is C6H11NO7S. The summed E-state index contributed by atoms with van der Waals surface area (Å²) in [6.45, 7) is -0.907. The summed E-state index contributed by atoms with van der Waals surface area (Å²) in [5.74, 6) is -3.55. The van der Waals surface area contributed by atoms with Crippen LogP contribution in [0, 0.1) is 0 Å². The zero-order chi connectivity index (χ0) is 12.1. The van der Waals surface area contributed by atoms with Crippen molar-refractivity contribution in [1.29, 1.82) is 0 Å². The molecule has 8 nitrogen and oxygen atoms in total. The minimum absolute atomic E-state index is 0.907. The SMILES string of the molecule is COC(=O)CS(=O)(=O)NC(CO)C(=O)O. The van der Waals surface area contributed by atoms with Gasteiger partial charge in [-0.1, -0.05) is 0 Å². The summed E-state index contributed by atoms with van der Waals surface area (Å²) in [5, 5.41) is 17.0. The number of carboxylic acids is 1. The molecule has 0 bridgehead atoms. The third-order valence-corrected chi connectivity index (χ3v) is 2.60. The van der Waals surface area contributed by atoms with Crippen LogP contribution in [0.5, 0.6) is 0 Å². The van der Waals surface area contributed by atoms with E-state index in [1.807, 2.05) is 0 Å². The van der Waals surface area contributed by atoms with Gasteiger partial charge in [0.15, 0.2) is 5.75 Å². The van der Waals surface area contributed by atoms with Gasteiger partial charge in [0, 0.05) is 0 Å². The number of ether oxygens (including phenoxy) is 1. The maximum Gasteiger partial charge on any atom is 0.324 e. The van der Waals surface area contributed by atoms with E-state index in [2.05, 4.69) is 4.74 Å². The Hall–Kier alpha value is -1.19. The quantitative estimate of drug-likeness (QED) is 0.439. The van der Waals surface area contributed by atoms with E-state index in [0.29, 0.717) is 0 Å². The summed E-state index contributed by atoms with van der Waals surface area (Å²) in [6, 6.07) is -1.67. The molecule has 0 aromatic heterocycles. The summed E-state index contributed by atoms with van der Waals surface area (Å²) in [6.07, 6.45) is 0. The second-order valence-corrected chi connectivity index (χ2v) is 4.28. The lowest BCUT2D eigenvalue weighted by Crippen LogP contribution is -2.45. The van der Waals surface area contributed by atoms with Gasteiger partial charge in [-0.15, -0.1) is 0 Å². The van der Waals surface area contributed by atoms with Crippen molar-refractivity contribution in [1.82, 2.24) is 4.72 Å². The molecule has 9 heteroatoms. The second-order valence-electron chi connectivity index (χ2n) is 2.53. The van der Waals surface area contributed by atoms with Crippen LogP contribution in [-0.4, -0.2) is 56.1 Å². The van der Waals surface area contributed by atoms with E-state index >= 15 is 0 Å². The molecule has 0 aromatic carbocycles. The molecule has 0 rings (SSSR count). The summed E-state index contributed by atoms with van der Waals surface area (Å²) in [4.78, 5) is 21.0. The molecular weight excluding hydrogens is 230 g/mol. The highest BCUT2D eigenvalue weighted by Gasteiger charge is 2.25. The fraction of sp³-hybridized carbons (Fsp3) is 0.667. The number of carbonyl (C=O) groups is 2. The Morgan fingerprint density at radius 3 is 2.33 bits per heavy atom. The lowest BCUT2D eigenvalue weighted by atomic mass is 10.3. The average Bonchev–Trinajstić information content (AvgIpc) is 2.13. The molecule has 0 aromatic rings. The highest BCUT2D eigenvalue weighted by Crippen LogP contribution is 1.91. The number of carboxylic acid groups (broad SMARTS) is 1. The highest BCUT2D eigenvalue weighted by atomic mass is 32.2. The van der Waals surface area contributed by atoms with E-state index < -0.39 is 40.4 Å². The number of rotatable bonds is 6. The Bertz CT molecular complexity index is 335. The summed E-state index contributed by atoms with van der Waals surface area (Å²) in [7, 11) is -3.12. The number of aliphatic hydroxyl groups excluding tert-OH is 1. The van der Waals surface area contributed by atoms with Gasteiger partial charge in [-0.2, -0.15) is 4.72 Å². The molecule has 1 atom stereocenters. The van der Waals surface area contributed by atoms with Gasteiger partial charge in [0.25, 0.3) is 0 Å². The number of esters is 1. The van der Waals surface area contributed by atoms with Gasteiger partial charge >= 0.3 is 11.9 Å². The van der Waals surface area contributed by atoms with Crippen LogP contribution in [0.1, 0.15) is 0 Å². The van der Waals surface area contributed by atoms with Crippen LogP contribution in [0.2, 0.25) is 0 Å². The third-order valence-electron chi connectivity index (χ3n) is 1.34. The number of nitrogens with one attached hydrogen (secondary N) is 1. The molecule has 0 saturated heterocycles. The van der Waals surface area contributed by atoms with Crippen LogP contribution in [0.15, 0.2) is 0 Å². The summed E-state index contributed by atoms with van der Waals surface area (Å²) < 4.78 is 27.9. The Labute approximate surface area is 85.9 Å². The lowest BCUT2D eigenvalue weighted by Gasteiger charge is -2.10. The van der Waals surface area contributed by atoms with Crippen LogP contribution in [0.4, 0.5) is 0 Å². The molecule has 0 radical (unpaired) electrons. The monoisotopic (exact) mass is 241 g/mol. The van der Waals surface area contributed by atoms with Gasteiger partial charge in [-0.3, -0.25) is 9.59 Å². The lowest BCUT2D eigenvalue weighted by molar-refractivity contribution is -0.140. The van der Waals surface area contributed by atoms with Gasteiger partial charge in [0.1, 0.15) is 6.04 Å². The first kappa shape index (κ1) is 13.8. The van der Waals surface area contributed by atoms with Crippen molar-refractivity contribution in [3.05, 3.63) is 0 Å². The molecule has 0 amide bonds. The maximum absolute atomic E-state index is 11.1. The Kier molecular flexibility index (Phi) is 5.19. The van der Waals surface area contributed by atoms with Crippen molar-refractivity contribution in [3.63, 3.8) is 0 Å². The van der Waals surface area contributed by atoms with Crippen molar-refractivity contribution in [2.24, 2.45) is 0 Å². The predicted molar refractivity (Wildman–Crippen MR) is 47.4 cm³/mol. The number of aliphatic hydroxyl groups is 1. The number of hydrogen-bond donors (Lipinski definition) is 3. The molecule has 0 aliphatic carbocycles. The van der Waals surface area contributed by atoms with Crippen molar-refractivity contribution in [2.45, 2.75) is 6.04 Å². The minimum atomic E-state index is -4.11. The molecule has 0 aliphatic rings. The Balaban J connectivity index is 4.49. The minimum Gasteiger partial charge on any atom is -0.480 e. The van der Waals surface area contributed by atoms with Crippen molar-refractivity contribution < 1.29 is 33.0 Å². The van der Waals surface area contributed by atoms with Crippen molar-refractivity contribution in [2.75, 3.05) is 19.5 Å². The van der Waals surface area contributed by atoms with Crippen molar-refractivity contribution in [3.8, 4) is 0 Å². The molecule has 1 unspecified atom stereocenters. The number of sulfonamides is 1. The fourth-order valence-corrected chi connectivity index (χ4v) is 1.76. The largest absolute Gasteiger partial charge is 0.480 e. The molecule has 0 spiro atoms. The standard InChI is InChI=1S/C6H11NO7S/c1-14-5(9)3-15(12,13)7-4(2-8)6(10)11/h4,7-8H,2-3H2,1H3,(H,10,11). The smallest absolute Gasteiger partial charge is 0.324 e. The van der Waals surface area contributed by atoms with E-state index in [4.69, 9.17) is 10.2 Å². The molecule has 15 heavy (non-hydrogen) atoms. The maximum atomic E-state index is 11.1. The number of methoxy groups -OCH3 is 1. The summed E-state index contributed by atoms with van der Waals surface area (Å²) in [5.41, 5.74) is 0. The fourth-order valence-electron chi connectivity index (χ4n) is 0.638. The second kappa shape index (κ2) is 5.63. The van der Waals surface area contributed by atoms with E-state index in [9.17, 15) is 18.0 Å². The molecule has 0 fully saturated rings. The van der Waals surface area contributed by atoms with Crippen LogP contribution < -0.4 is 4.72 Å². The Morgan fingerprint density at radius 2 is 2.00 bits per heavy atom. The molecule has 0 saturated carbocycles. The normalized spacial score (nSPS) is 13.2. The van der Waals surface area contributed by atoms with E-state index in [1.54, 1.807) is 4.72 Å². The first-order valence-corrected chi connectivity index (χ1v) is 5.38. The average molecular weight is 241 g/mol. The number of aliphatic carboxylic acids is 1. The van der Waals surface area contributed by atoms with Gasteiger partial charge in [0.2, 0.25) is 10.0 Å². The zero-order valence-corrected chi connectivity index (χ0v) is 8.65. The van der Waals surface area contributed by atoms with Gasteiger partial charge in [0.05, 0.1) is 13.7 Å². The first-order chi connectivity index (χ1) is 6.82. The predicted octanol–water partition coefficient (Wildman–Crippen LogP) is -2.48. The highest BCUT2D eigenvalue weighted by molar-refractivity contribution is 7.90. The number of carbonyl (C=O) groups excluding carboxylic acids is 1. The van der Waals surface area contributed by atoms with E-state index in [0.717, 1.165) is 7.11 Å². The van der Waals surface area contributed by atoms with Gasteiger partial charge < -0.3 is 14.9 Å². The van der Waals surface area contributed by atoms with Crippen LogP contribution in [-0.2, 0) is 24.3 Å². The Morgan fingerprint density at radius 1 is 1.47 bits per heavy atom. The van der Waals surface area contributed by atoms with Crippen LogP contribution in [0.3, 0.4) is 0 Å². The third kappa shape index (κ3) is 5.30. The van der Waals surface area contributed by atoms with Gasteiger partial charge in [-0.25, -0.2) is 8.42 Å². The topological polar surface area (TPSA) is 130 Å². The number of hydrogen-bond acceptors (Lipinski definition) is 6. The van der Waals surface area contributed by atoms with E-state index in [1.165, 1.54) is 0 Å².